The standard InChI is InChI=1S/C36H28N6O2S2/c37-17-23(18-38)41-31-15-29-33(45-31)25-11-22-14-28-26(12-21(22)13-27(25)35(43-29)7-3-1-4-8-35)34-30(44-36(28)9-5-2-6-10-36)16-32(46-34)42-24(19-39)20-40/h11-16,21-22H,1-10H2. The normalized spacial score (nSPS) is 23.9. The summed E-state index contributed by atoms with van der Waals surface area (Å²) in [6.07, 6.45) is 20.2. The SMILES string of the molecule is N#CC(C#N)=Nc1cc2c(s1)C1=CC3C=C4C(=CC3C=C1C1(CCCCC1)O2)c1sc(N=C(C#N)C#N)cc1OC41CCCCC1. The fourth-order valence-corrected chi connectivity index (χ4v) is 10.1. The molecule has 0 saturated heterocycles. The summed E-state index contributed by atoms with van der Waals surface area (Å²) in [5, 5.41) is 38.5. The van der Waals surface area contributed by atoms with Crippen molar-refractivity contribution in [1.29, 1.82) is 21.0 Å². The van der Waals surface area contributed by atoms with E-state index in [9.17, 15) is 21.0 Å². The van der Waals surface area contributed by atoms with E-state index in [4.69, 9.17) is 9.47 Å². The summed E-state index contributed by atoms with van der Waals surface area (Å²) in [6.45, 7) is 0. The Balaban J connectivity index is 1.27. The second-order valence-electron chi connectivity index (χ2n) is 12.7. The first kappa shape index (κ1) is 28.7. The van der Waals surface area contributed by atoms with Gasteiger partial charge in [-0.2, -0.15) is 21.0 Å². The monoisotopic (exact) mass is 640 g/mol. The average Bonchev–Trinajstić information content (AvgIpc) is 3.68. The van der Waals surface area contributed by atoms with Crippen LogP contribution in [0.15, 0.2) is 57.6 Å². The number of fused-ring (bicyclic) bond motifs is 9. The number of rotatable bonds is 2. The summed E-state index contributed by atoms with van der Waals surface area (Å²) in [4.78, 5) is 10.6. The van der Waals surface area contributed by atoms with E-state index in [-0.39, 0.29) is 23.3 Å². The average molecular weight is 641 g/mol. The maximum absolute atomic E-state index is 9.33. The molecule has 4 heterocycles. The van der Waals surface area contributed by atoms with Gasteiger partial charge in [0.1, 0.15) is 57.0 Å². The number of hydrogen-bond acceptors (Lipinski definition) is 10. The van der Waals surface area contributed by atoms with Gasteiger partial charge in [0.2, 0.25) is 11.4 Å². The first-order valence-corrected chi connectivity index (χ1v) is 17.4. The van der Waals surface area contributed by atoms with Gasteiger partial charge in [0.05, 0.1) is 9.75 Å². The molecule has 2 saturated carbocycles. The van der Waals surface area contributed by atoms with Crippen LogP contribution in [0.4, 0.5) is 10.0 Å². The molecule has 0 N–H and O–H groups in total. The van der Waals surface area contributed by atoms with Gasteiger partial charge in [-0.15, -0.1) is 22.7 Å². The molecule has 0 aromatic carbocycles. The highest BCUT2D eigenvalue weighted by Gasteiger charge is 2.50. The molecule has 46 heavy (non-hydrogen) atoms. The lowest BCUT2D eigenvalue weighted by molar-refractivity contribution is 0.0636. The van der Waals surface area contributed by atoms with Gasteiger partial charge < -0.3 is 9.47 Å². The molecule has 8 nitrogen and oxygen atoms in total. The highest BCUT2D eigenvalue weighted by atomic mass is 32.1. The topological polar surface area (TPSA) is 138 Å². The zero-order chi connectivity index (χ0) is 31.5. The number of hydrogen-bond donors (Lipinski definition) is 0. The van der Waals surface area contributed by atoms with Gasteiger partial charge in [0.15, 0.2) is 0 Å². The van der Waals surface area contributed by atoms with E-state index in [0.29, 0.717) is 10.0 Å². The molecular formula is C36H28N6O2S2. The van der Waals surface area contributed by atoms with Crippen LogP contribution in [0.2, 0.25) is 0 Å². The number of allylic oxidation sites excluding steroid dienone is 4. The highest BCUT2D eigenvalue weighted by Crippen LogP contribution is 2.60. The van der Waals surface area contributed by atoms with E-state index in [0.717, 1.165) is 72.6 Å². The molecule has 0 bridgehead atoms. The molecule has 2 atom stereocenters. The van der Waals surface area contributed by atoms with Crippen molar-refractivity contribution in [2.75, 3.05) is 0 Å². The molecule has 226 valence electrons. The Bertz CT molecular complexity index is 1850. The highest BCUT2D eigenvalue weighted by molar-refractivity contribution is 7.17. The molecule has 0 amide bonds. The van der Waals surface area contributed by atoms with Gasteiger partial charge in [0.25, 0.3) is 0 Å². The molecule has 2 spiro atoms. The fourth-order valence-electron chi connectivity index (χ4n) is 8.11. The molecular weight excluding hydrogens is 613 g/mol. The van der Waals surface area contributed by atoms with E-state index >= 15 is 0 Å². The lowest BCUT2D eigenvalue weighted by atomic mass is 9.65. The Morgan fingerprint density at radius 1 is 0.609 bits per heavy atom. The van der Waals surface area contributed by atoms with Crippen molar-refractivity contribution in [1.82, 2.24) is 0 Å². The van der Waals surface area contributed by atoms with Crippen LogP contribution in [0.5, 0.6) is 11.5 Å². The lowest BCUT2D eigenvalue weighted by Crippen LogP contribution is -2.45. The van der Waals surface area contributed by atoms with E-state index in [2.05, 4.69) is 34.3 Å². The van der Waals surface area contributed by atoms with Crippen LogP contribution in [0.25, 0.3) is 11.1 Å². The zero-order valence-electron chi connectivity index (χ0n) is 25.0. The molecule has 4 aliphatic carbocycles. The molecule has 2 aromatic rings. The smallest absolute Gasteiger partial charge is 0.219 e. The molecule has 2 aliphatic heterocycles. The van der Waals surface area contributed by atoms with Crippen LogP contribution in [0, 0.1) is 57.2 Å². The van der Waals surface area contributed by atoms with Crippen molar-refractivity contribution in [3.05, 3.63) is 57.3 Å². The minimum atomic E-state index is -0.416. The van der Waals surface area contributed by atoms with Gasteiger partial charge >= 0.3 is 0 Å². The van der Waals surface area contributed by atoms with E-state index in [1.807, 2.05) is 36.4 Å². The van der Waals surface area contributed by atoms with E-state index < -0.39 is 11.2 Å². The van der Waals surface area contributed by atoms with Gasteiger partial charge in [-0.3, -0.25) is 0 Å². The number of thiophene rings is 2. The Kier molecular flexibility index (Phi) is 6.84. The summed E-state index contributed by atoms with van der Waals surface area (Å²) in [7, 11) is 0. The van der Waals surface area contributed by atoms with Crippen LogP contribution in [0.1, 0.15) is 74.0 Å². The van der Waals surface area contributed by atoms with Gasteiger partial charge in [0, 0.05) is 35.1 Å². The first-order valence-electron chi connectivity index (χ1n) is 15.8. The fraction of sp³-hybridized carbons (Fsp3) is 0.389. The summed E-state index contributed by atoms with van der Waals surface area (Å²) >= 11 is 2.94. The number of nitriles is 4. The Morgan fingerprint density at radius 2 is 1.00 bits per heavy atom. The third kappa shape index (κ3) is 4.48. The van der Waals surface area contributed by atoms with Gasteiger partial charge in [-0.05, 0) is 62.5 Å². The van der Waals surface area contributed by atoms with Crippen LogP contribution >= 0.6 is 22.7 Å². The van der Waals surface area contributed by atoms with Crippen LogP contribution in [-0.4, -0.2) is 22.6 Å². The number of nitrogens with zero attached hydrogens (tertiary/aromatic N) is 6. The Morgan fingerprint density at radius 3 is 1.37 bits per heavy atom. The molecule has 2 aromatic heterocycles. The Hall–Kier alpha value is -4.74. The number of aliphatic imine (C=N–C) groups is 2. The van der Waals surface area contributed by atoms with Crippen molar-refractivity contribution >= 4 is 55.2 Å². The summed E-state index contributed by atoms with van der Waals surface area (Å²) < 4.78 is 13.8. The lowest BCUT2D eigenvalue weighted by Gasteiger charge is -2.48. The minimum Gasteiger partial charge on any atom is -0.481 e. The molecule has 0 radical (unpaired) electrons. The molecule has 8 rings (SSSR count). The second kappa shape index (κ2) is 11.0. The molecule has 6 aliphatic rings. The van der Waals surface area contributed by atoms with E-state index in [1.54, 1.807) is 0 Å². The maximum Gasteiger partial charge on any atom is 0.219 e. The van der Waals surface area contributed by atoms with Gasteiger partial charge in [-0.25, -0.2) is 9.98 Å². The maximum atomic E-state index is 9.33. The van der Waals surface area contributed by atoms with Crippen molar-refractivity contribution in [3.8, 4) is 35.8 Å². The van der Waals surface area contributed by atoms with Crippen LogP contribution in [-0.2, 0) is 0 Å². The first-order chi connectivity index (χ1) is 22.5. The largest absolute Gasteiger partial charge is 0.481 e. The van der Waals surface area contributed by atoms with Gasteiger partial charge in [-0.1, -0.05) is 37.1 Å². The van der Waals surface area contributed by atoms with Crippen molar-refractivity contribution in [2.24, 2.45) is 21.8 Å². The second-order valence-corrected chi connectivity index (χ2v) is 14.8. The minimum absolute atomic E-state index is 0.122. The van der Waals surface area contributed by atoms with Crippen LogP contribution < -0.4 is 9.47 Å². The summed E-state index contributed by atoms with van der Waals surface area (Å²) in [6, 6.07) is 11.3. The van der Waals surface area contributed by atoms with Crippen molar-refractivity contribution in [3.63, 3.8) is 0 Å². The predicted molar refractivity (Wildman–Crippen MR) is 177 cm³/mol. The van der Waals surface area contributed by atoms with Crippen molar-refractivity contribution < 1.29 is 9.47 Å². The summed E-state index contributed by atoms with van der Waals surface area (Å²) in [5.74, 6) is 1.82. The zero-order valence-corrected chi connectivity index (χ0v) is 26.6. The Labute approximate surface area is 275 Å². The third-order valence-electron chi connectivity index (χ3n) is 10.1. The summed E-state index contributed by atoms with van der Waals surface area (Å²) in [5.41, 5.74) is 3.67. The third-order valence-corrected chi connectivity index (χ3v) is 12.2. The molecule has 10 heteroatoms. The quantitative estimate of drug-likeness (QED) is 0.301. The van der Waals surface area contributed by atoms with E-state index in [1.165, 1.54) is 57.8 Å². The molecule has 2 unspecified atom stereocenters. The molecule has 2 fully saturated rings. The number of ether oxygens (including phenoxy) is 2. The predicted octanol–water partition coefficient (Wildman–Crippen LogP) is 8.82. The van der Waals surface area contributed by atoms with Crippen molar-refractivity contribution in [2.45, 2.75) is 75.4 Å². The van der Waals surface area contributed by atoms with Crippen LogP contribution in [0.3, 0.4) is 0 Å².